The van der Waals surface area contributed by atoms with E-state index in [0.717, 1.165) is 10.5 Å². The van der Waals surface area contributed by atoms with E-state index >= 15 is 0 Å². The predicted molar refractivity (Wildman–Crippen MR) is 84.9 cm³/mol. The number of carboxylic acid groups (broad SMARTS) is 1. The Morgan fingerprint density at radius 3 is 2.00 bits per heavy atom. The summed E-state index contributed by atoms with van der Waals surface area (Å²) in [6, 6.07) is 8.25. The van der Waals surface area contributed by atoms with Gasteiger partial charge in [-0.1, -0.05) is 44.2 Å². The van der Waals surface area contributed by atoms with Gasteiger partial charge in [0.05, 0.1) is 0 Å². The topological polar surface area (TPSA) is 66.8 Å². The van der Waals surface area contributed by atoms with Crippen molar-refractivity contribution in [3.63, 3.8) is 0 Å². The van der Waals surface area contributed by atoms with Crippen LogP contribution in [0.5, 0.6) is 0 Å². The quantitative estimate of drug-likeness (QED) is 0.927. The molecular formula is C17H25NO4. The summed E-state index contributed by atoms with van der Waals surface area (Å²) in [5.74, 6) is -1.07. The number of aliphatic carboxylic acids is 1. The summed E-state index contributed by atoms with van der Waals surface area (Å²) in [5, 5.41) is 9.64. The van der Waals surface area contributed by atoms with E-state index < -0.39 is 29.1 Å². The molecule has 0 radical (unpaired) electrons. The molecule has 1 aromatic rings. The van der Waals surface area contributed by atoms with Gasteiger partial charge >= 0.3 is 12.1 Å². The third-order valence-corrected chi connectivity index (χ3v) is 3.50. The van der Waals surface area contributed by atoms with Crippen LogP contribution in [-0.4, -0.2) is 40.8 Å². The van der Waals surface area contributed by atoms with Crippen LogP contribution in [0.4, 0.5) is 4.79 Å². The Morgan fingerprint density at radius 2 is 1.59 bits per heavy atom. The summed E-state index contributed by atoms with van der Waals surface area (Å²) in [6.07, 6.45) is -0.649. The van der Waals surface area contributed by atoms with Crippen molar-refractivity contribution >= 4 is 12.1 Å². The molecule has 122 valence electrons. The highest BCUT2D eigenvalue weighted by Crippen LogP contribution is 2.30. The van der Waals surface area contributed by atoms with Gasteiger partial charge in [0, 0.05) is 12.5 Å². The molecule has 1 amide bonds. The molecule has 0 bridgehead atoms. The molecule has 1 atom stereocenters. The molecule has 1 rings (SSSR count). The first-order valence-electron chi connectivity index (χ1n) is 7.21. The number of ether oxygens (including phenoxy) is 1. The van der Waals surface area contributed by atoms with Crippen LogP contribution >= 0.6 is 0 Å². The van der Waals surface area contributed by atoms with Crippen LogP contribution in [0.3, 0.4) is 0 Å². The zero-order valence-electron chi connectivity index (χ0n) is 14.1. The van der Waals surface area contributed by atoms with Crippen LogP contribution in [0.1, 0.15) is 40.2 Å². The van der Waals surface area contributed by atoms with Crippen LogP contribution in [0.2, 0.25) is 0 Å². The van der Waals surface area contributed by atoms with Crippen molar-refractivity contribution in [2.75, 3.05) is 7.05 Å². The van der Waals surface area contributed by atoms with Gasteiger partial charge in [-0.15, -0.1) is 0 Å². The number of carboxylic acids is 1. The van der Waals surface area contributed by atoms with Gasteiger partial charge in [-0.05, 0) is 26.3 Å². The molecule has 5 nitrogen and oxygen atoms in total. The van der Waals surface area contributed by atoms with Crippen LogP contribution in [0.25, 0.3) is 0 Å². The lowest BCUT2D eigenvalue weighted by Crippen LogP contribution is -2.54. The van der Waals surface area contributed by atoms with E-state index in [2.05, 4.69) is 0 Å². The third-order valence-electron chi connectivity index (χ3n) is 3.50. The molecule has 1 N–H and O–H groups in total. The summed E-state index contributed by atoms with van der Waals surface area (Å²) < 4.78 is 5.29. The lowest BCUT2D eigenvalue weighted by atomic mass is 9.77. The van der Waals surface area contributed by atoms with Crippen molar-refractivity contribution in [3.05, 3.63) is 35.9 Å². The van der Waals surface area contributed by atoms with Crippen molar-refractivity contribution in [2.45, 2.75) is 51.7 Å². The first-order valence-corrected chi connectivity index (χ1v) is 7.21. The number of amides is 1. The molecule has 0 aliphatic rings. The highest BCUT2D eigenvalue weighted by molar-refractivity contribution is 5.82. The largest absolute Gasteiger partial charge is 0.480 e. The summed E-state index contributed by atoms with van der Waals surface area (Å²) in [7, 11) is 1.46. The van der Waals surface area contributed by atoms with Gasteiger partial charge in [0.2, 0.25) is 0 Å². The van der Waals surface area contributed by atoms with Crippen molar-refractivity contribution in [1.82, 2.24) is 4.90 Å². The number of carbonyl (C=O) groups is 2. The highest BCUT2D eigenvalue weighted by Gasteiger charge is 2.42. The predicted octanol–water partition coefficient (Wildman–Crippen LogP) is 3.28. The zero-order chi connectivity index (χ0) is 17.1. The fourth-order valence-electron chi connectivity index (χ4n) is 2.42. The van der Waals surface area contributed by atoms with Crippen LogP contribution in [-0.2, 0) is 14.9 Å². The van der Waals surface area contributed by atoms with Gasteiger partial charge in [0.15, 0.2) is 0 Å². The Kier molecular flexibility index (Phi) is 5.22. The van der Waals surface area contributed by atoms with Crippen LogP contribution < -0.4 is 0 Å². The van der Waals surface area contributed by atoms with Crippen molar-refractivity contribution in [3.8, 4) is 0 Å². The van der Waals surface area contributed by atoms with Crippen molar-refractivity contribution in [1.29, 1.82) is 0 Å². The molecule has 0 saturated heterocycles. The maximum atomic E-state index is 12.2. The third kappa shape index (κ3) is 4.23. The molecule has 5 heteroatoms. The van der Waals surface area contributed by atoms with E-state index in [1.54, 1.807) is 20.8 Å². The average Bonchev–Trinajstić information content (AvgIpc) is 2.37. The maximum Gasteiger partial charge on any atom is 0.410 e. The van der Waals surface area contributed by atoms with Gasteiger partial charge in [-0.3, -0.25) is 4.90 Å². The van der Waals surface area contributed by atoms with Crippen LogP contribution in [0, 0.1) is 0 Å². The van der Waals surface area contributed by atoms with Crippen molar-refractivity contribution < 1.29 is 19.4 Å². The fraction of sp³-hybridized carbons (Fsp3) is 0.529. The zero-order valence-corrected chi connectivity index (χ0v) is 14.1. The number of likely N-dealkylation sites (N-methyl/N-ethyl adjacent to an activating group) is 1. The van der Waals surface area contributed by atoms with Gasteiger partial charge in [-0.2, -0.15) is 0 Å². The first kappa shape index (κ1) is 18.0. The Balaban J connectivity index is 3.13. The van der Waals surface area contributed by atoms with E-state index in [-0.39, 0.29) is 0 Å². The molecule has 22 heavy (non-hydrogen) atoms. The minimum absolute atomic E-state index is 0.649. The molecule has 0 saturated carbocycles. The normalized spacial score (nSPS) is 13.4. The Morgan fingerprint density at radius 1 is 1.09 bits per heavy atom. The van der Waals surface area contributed by atoms with Gasteiger partial charge in [0.1, 0.15) is 11.6 Å². The Labute approximate surface area is 131 Å². The summed E-state index contributed by atoms with van der Waals surface area (Å²) in [4.78, 5) is 25.2. The lowest BCUT2D eigenvalue weighted by Gasteiger charge is -2.38. The molecule has 0 spiro atoms. The first-order chi connectivity index (χ1) is 9.97. The van der Waals surface area contributed by atoms with E-state index in [4.69, 9.17) is 4.74 Å². The number of carbonyl (C=O) groups excluding carboxylic acids is 1. The minimum atomic E-state index is -1.07. The highest BCUT2D eigenvalue weighted by atomic mass is 16.6. The van der Waals surface area contributed by atoms with Gasteiger partial charge in [0.25, 0.3) is 0 Å². The van der Waals surface area contributed by atoms with Gasteiger partial charge in [-0.25, -0.2) is 9.59 Å². The molecule has 0 aliphatic carbocycles. The van der Waals surface area contributed by atoms with Gasteiger partial charge < -0.3 is 9.84 Å². The van der Waals surface area contributed by atoms with E-state index in [1.807, 2.05) is 44.2 Å². The summed E-state index contributed by atoms with van der Waals surface area (Å²) in [5.41, 5.74) is -0.595. The Hall–Kier alpha value is -2.04. The van der Waals surface area contributed by atoms with E-state index in [1.165, 1.54) is 7.05 Å². The second-order valence-corrected chi connectivity index (χ2v) is 6.92. The van der Waals surface area contributed by atoms with Crippen molar-refractivity contribution in [2.24, 2.45) is 0 Å². The number of rotatable bonds is 4. The summed E-state index contributed by atoms with van der Waals surface area (Å²) in [6.45, 7) is 8.86. The van der Waals surface area contributed by atoms with Crippen LogP contribution in [0.15, 0.2) is 30.3 Å². The second kappa shape index (κ2) is 6.38. The lowest BCUT2D eigenvalue weighted by molar-refractivity contribution is -0.145. The standard InChI is InChI=1S/C17H25NO4/c1-16(2,3)22-15(21)18(6)13(14(19)20)17(4,5)12-10-8-7-9-11-12/h7-11,13H,1-6H3,(H,19,20)/t13-/m0/s1. The molecule has 0 aromatic heterocycles. The molecule has 0 fully saturated rings. The minimum Gasteiger partial charge on any atom is -0.480 e. The smallest absolute Gasteiger partial charge is 0.410 e. The Bertz CT molecular complexity index is 531. The average molecular weight is 307 g/mol. The van der Waals surface area contributed by atoms with E-state index in [9.17, 15) is 14.7 Å². The van der Waals surface area contributed by atoms with E-state index in [0.29, 0.717) is 0 Å². The number of hydrogen-bond acceptors (Lipinski definition) is 3. The number of hydrogen-bond donors (Lipinski definition) is 1. The fourth-order valence-corrected chi connectivity index (χ4v) is 2.42. The maximum absolute atomic E-state index is 12.2. The SMILES string of the molecule is CN(C(=O)OC(C)(C)C)[C@@H](C(=O)O)C(C)(C)c1ccccc1. The second-order valence-electron chi connectivity index (χ2n) is 6.92. The summed E-state index contributed by atoms with van der Waals surface area (Å²) >= 11 is 0. The molecule has 0 unspecified atom stereocenters. The molecule has 0 aliphatic heterocycles. The number of nitrogens with zero attached hydrogens (tertiary/aromatic N) is 1. The molecule has 0 heterocycles. The monoisotopic (exact) mass is 307 g/mol. The molecule has 1 aromatic carbocycles. The number of benzene rings is 1. The molecular weight excluding hydrogens is 282 g/mol.